The molecule has 1 rings (SSSR count). The summed E-state index contributed by atoms with van der Waals surface area (Å²) in [5.41, 5.74) is -0.930. The number of methoxy groups -OCH3 is 1. The number of hydrogen-bond donors (Lipinski definition) is 2. The normalized spacial score (nSPS) is 18.6. The van der Waals surface area contributed by atoms with E-state index in [1.54, 1.807) is 20.9 Å². The van der Waals surface area contributed by atoms with Crippen molar-refractivity contribution in [3.05, 3.63) is 0 Å². The van der Waals surface area contributed by atoms with Gasteiger partial charge in [0.1, 0.15) is 5.54 Å². The van der Waals surface area contributed by atoms with E-state index in [0.717, 1.165) is 4.90 Å². The van der Waals surface area contributed by atoms with Gasteiger partial charge in [-0.05, 0) is 13.8 Å². The van der Waals surface area contributed by atoms with Gasteiger partial charge in [-0.25, -0.2) is 4.79 Å². The van der Waals surface area contributed by atoms with Gasteiger partial charge in [0.05, 0.1) is 12.7 Å². The largest absolute Gasteiger partial charge is 0.389 e. The van der Waals surface area contributed by atoms with Gasteiger partial charge in [-0.1, -0.05) is 0 Å². The number of hydrogen-bond acceptors (Lipinski definition) is 5. The average Bonchev–Trinajstić information content (AvgIpc) is 2.56. The fourth-order valence-corrected chi connectivity index (χ4v) is 2.08. The summed E-state index contributed by atoms with van der Waals surface area (Å²) in [6.45, 7) is 3.53. The lowest BCUT2D eigenvalue weighted by Gasteiger charge is -2.21. The van der Waals surface area contributed by atoms with Crippen LogP contribution in [0.1, 0.15) is 20.3 Å². The Hall–Kier alpha value is -1.67. The summed E-state index contributed by atoms with van der Waals surface area (Å²) in [5.74, 6) is -0.599. The number of urea groups is 1. The summed E-state index contributed by atoms with van der Waals surface area (Å²) in [6, 6.07) is -0.486. The van der Waals surface area contributed by atoms with Crippen LogP contribution in [0.3, 0.4) is 0 Å². The molecule has 0 aliphatic carbocycles. The Kier molecular flexibility index (Phi) is 5.68. The molecule has 4 amide bonds. The van der Waals surface area contributed by atoms with E-state index in [1.165, 1.54) is 12.0 Å². The summed E-state index contributed by atoms with van der Waals surface area (Å²) in [6.07, 6.45) is -0.745. The van der Waals surface area contributed by atoms with Crippen LogP contribution in [-0.2, 0) is 14.3 Å². The van der Waals surface area contributed by atoms with Gasteiger partial charge in [-0.15, -0.1) is 0 Å². The molecular weight excluding hydrogens is 278 g/mol. The molecule has 2 N–H and O–H groups in total. The van der Waals surface area contributed by atoms with Crippen molar-refractivity contribution >= 4 is 17.8 Å². The first kappa shape index (κ1) is 17.4. The monoisotopic (exact) mass is 301 g/mol. The minimum atomic E-state index is -0.930. The molecule has 1 saturated heterocycles. The number of aliphatic hydroxyl groups is 1. The van der Waals surface area contributed by atoms with Crippen molar-refractivity contribution in [3.63, 3.8) is 0 Å². The van der Waals surface area contributed by atoms with Crippen LogP contribution in [-0.4, -0.2) is 78.2 Å². The molecule has 0 saturated carbocycles. The number of amides is 4. The predicted octanol–water partition coefficient (Wildman–Crippen LogP) is -0.827. The molecule has 1 heterocycles. The molecular formula is C13H23N3O5. The zero-order valence-corrected chi connectivity index (χ0v) is 12.9. The van der Waals surface area contributed by atoms with E-state index in [9.17, 15) is 19.5 Å². The van der Waals surface area contributed by atoms with Crippen molar-refractivity contribution in [2.24, 2.45) is 0 Å². The highest BCUT2D eigenvalue weighted by atomic mass is 16.5. The van der Waals surface area contributed by atoms with E-state index in [1.807, 2.05) is 0 Å². The number of imide groups is 1. The highest BCUT2D eigenvalue weighted by Gasteiger charge is 2.44. The first-order valence-corrected chi connectivity index (χ1v) is 6.74. The van der Waals surface area contributed by atoms with E-state index in [4.69, 9.17) is 4.74 Å². The van der Waals surface area contributed by atoms with Gasteiger partial charge >= 0.3 is 6.03 Å². The van der Waals surface area contributed by atoms with E-state index in [0.29, 0.717) is 0 Å². The van der Waals surface area contributed by atoms with Gasteiger partial charge in [0, 0.05) is 33.7 Å². The molecule has 1 unspecified atom stereocenters. The van der Waals surface area contributed by atoms with Crippen LogP contribution in [0.2, 0.25) is 0 Å². The number of carbonyl (C=O) groups excluding carboxylic acids is 3. The lowest BCUT2D eigenvalue weighted by Crippen LogP contribution is -2.41. The Morgan fingerprint density at radius 1 is 1.48 bits per heavy atom. The molecule has 0 aromatic heterocycles. The number of rotatable bonds is 7. The Morgan fingerprint density at radius 2 is 2.10 bits per heavy atom. The quantitative estimate of drug-likeness (QED) is 0.598. The fraction of sp³-hybridized carbons (Fsp3) is 0.769. The van der Waals surface area contributed by atoms with Crippen molar-refractivity contribution in [2.75, 3.05) is 33.9 Å². The van der Waals surface area contributed by atoms with E-state index in [2.05, 4.69) is 5.32 Å². The molecule has 21 heavy (non-hydrogen) atoms. The first-order chi connectivity index (χ1) is 9.69. The second kappa shape index (κ2) is 6.86. The number of nitrogens with one attached hydrogen (secondary N) is 1. The number of carbonyl (C=O) groups is 3. The Bertz CT molecular complexity index is 424. The smallest absolute Gasteiger partial charge is 0.325 e. The third-order valence-electron chi connectivity index (χ3n) is 3.26. The van der Waals surface area contributed by atoms with Crippen LogP contribution in [0.15, 0.2) is 0 Å². The van der Waals surface area contributed by atoms with Crippen LogP contribution in [0, 0.1) is 0 Å². The van der Waals surface area contributed by atoms with Crippen LogP contribution < -0.4 is 5.32 Å². The number of nitrogens with zero attached hydrogens (tertiary/aromatic N) is 2. The molecule has 1 fully saturated rings. The van der Waals surface area contributed by atoms with Crippen LogP contribution in [0.5, 0.6) is 0 Å². The number of aliphatic hydroxyl groups excluding tert-OH is 1. The Labute approximate surface area is 124 Å². The molecule has 1 aliphatic heterocycles. The molecule has 120 valence electrons. The molecule has 8 heteroatoms. The molecule has 8 nitrogen and oxygen atoms in total. The van der Waals surface area contributed by atoms with Crippen LogP contribution in [0.25, 0.3) is 0 Å². The zero-order valence-electron chi connectivity index (χ0n) is 12.9. The van der Waals surface area contributed by atoms with Gasteiger partial charge in [-0.2, -0.15) is 0 Å². The zero-order chi connectivity index (χ0) is 16.2. The highest BCUT2D eigenvalue weighted by molar-refractivity contribution is 6.06. The standard InChI is InChI=1S/C13H23N3O5/c1-13(2)11(19)16(12(20)14-13)6-5-10(18)15(3)7-9(17)8-21-4/h9,17H,5-8H2,1-4H3,(H,14,20). The fourth-order valence-electron chi connectivity index (χ4n) is 2.08. The molecule has 0 aromatic carbocycles. The van der Waals surface area contributed by atoms with Crippen molar-refractivity contribution in [1.82, 2.24) is 15.1 Å². The van der Waals surface area contributed by atoms with Crippen molar-refractivity contribution in [2.45, 2.75) is 31.9 Å². The first-order valence-electron chi connectivity index (χ1n) is 6.74. The van der Waals surface area contributed by atoms with Crippen molar-refractivity contribution in [3.8, 4) is 0 Å². The SMILES string of the molecule is COCC(O)CN(C)C(=O)CCN1C(=O)NC(C)(C)C1=O. The third-order valence-corrected chi connectivity index (χ3v) is 3.26. The van der Waals surface area contributed by atoms with Gasteiger partial charge < -0.3 is 20.1 Å². The van der Waals surface area contributed by atoms with Crippen molar-refractivity contribution < 1.29 is 24.2 Å². The maximum Gasteiger partial charge on any atom is 0.325 e. The Balaban J connectivity index is 2.46. The molecule has 0 spiro atoms. The number of likely N-dealkylation sites (N-methyl/N-ethyl adjacent to an activating group) is 1. The highest BCUT2D eigenvalue weighted by Crippen LogP contribution is 2.16. The second-order valence-corrected chi connectivity index (χ2v) is 5.65. The summed E-state index contributed by atoms with van der Waals surface area (Å²) in [4.78, 5) is 37.9. The summed E-state index contributed by atoms with van der Waals surface area (Å²) in [7, 11) is 3.02. The summed E-state index contributed by atoms with van der Waals surface area (Å²) in [5, 5.41) is 12.1. The average molecular weight is 301 g/mol. The minimum absolute atomic E-state index is 0.0193. The lowest BCUT2D eigenvalue weighted by atomic mass is 10.1. The van der Waals surface area contributed by atoms with Crippen molar-refractivity contribution in [1.29, 1.82) is 0 Å². The molecule has 1 aliphatic rings. The minimum Gasteiger partial charge on any atom is -0.389 e. The second-order valence-electron chi connectivity index (χ2n) is 5.65. The van der Waals surface area contributed by atoms with Crippen LogP contribution in [0.4, 0.5) is 4.79 Å². The van der Waals surface area contributed by atoms with E-state index in [-0.39, 0.29) is 37.9 Å². The topological polar surface area (TPSA) is 99.2 Å². The number of ether oxygens (including phenoxy) is 1. The molecule has 0 radical (unpaired) electrons. The van der Waals surface area contributed by atoms with E-state index < -0.39 is 17.7 Å². The lowest BCUT2D eigenvalue weighted by molar-refractivity contribution is -0.133. The molecule has 1 atom stereocenters. The summed E-state index contributed by atoms with van der Waals surface area (Å²) < 4.78 is 4.78. The maximum atomic E-state index is 11.9. The van der Waals surface area contributed by atoms with Gasteiger partial charge in [-0.3, -0.25) is 14.5 Å². The van der Waals surface area contributed by atoms with Gasteiger partial charge in [0.2, 0.25) is 5.91 Å². The van der Waals surface area contributed by atoms with Gasteiger partial charge in [0.15, 0.2) is 0 Å². The molecule has 0 bridgehead atoms. The molecule has 0 aromatic rings. The Morgan fingerprint density at radius 3 is 2.57 bits per heavy atom. The van der Waals surface area contributed by atoms with E-state index >= 15 is 0 Å². The maximum absolute atomic E-state index is 11.9. The van der Waals surface area contributed by atoms with Crippen LogP contribution >= 0.6 is 0 Å². The predicted molar refractivity (Wildman–Crippen MR) is 74.5 cm³/mol. The van der Waals surface area contributed by atoms with Gasteiger partial charge in [0.25, 0.3) is 5.91 Å². The summed E-state index contributed by atoms with van der Waals surface area (Å²) >= 11 is 0. The third kappa shape index (κ3) is 4.40.